The zero-order chi connectivity index (χ0) is 9.14. The molecule has 0 aliphatic carbocycles. The molecule has 0 amide bonds. The maximum absolute atomic E-state index is 5.91. The first kappa shape index (κ1) is 9.55. The van der Waals surface area contributed by atoms with Gasteiger partial charge in [-0.2, -0.15) is 5.10 Å². The molecule has 0 aliphatic heterocycles. The molecule has 0 saturated heterocycles. The summed E-state index contributed by atoms with van der Waals surface area (Å²) in [5.74, 6) is 0. The van der Waals surface area contributed by atoms with Gasteiger partial charge in [0.2, 0.25) is 0 Å². The normalized spacial score (nSPS) is 11.1. The molecular weight excluding hydrogens is 174 g/mol. The van der Waals surface area contributed by atoms with Crippen LogP contribution in [-0.4, -0.2) is 15.8 Å². The monoisotopic (exact) mass is 187 g/mol. The Labute approximate surface area is 77.7 Å². The van der Waals surface area contributed by atoms with Gasteiger partial charge < -0.3 is 5.32 Å². The lowest BCUT2D eigenvalue weighted by Gasteiger charge is -2.08. The third kappa shape index (κ3) is 2.22. The lowest BCUT2D eigenvalue weighted by atomic mass is 10.3. The molecule has 0 bridgehead atoms. The van der Waals surface area contributed by atoms with Crippen molar-refractivity contribution in [2.45, 2.75) is 26.4 Å². The summed E-state index contributed by atoms with van der Waals surface area (Å²) < 4.78 is 1.79. The second kappa shape index (κ2) is 3.92. The molecule has 1 N–H and O–H groups in total. The van der Waals surface area contributed by atoms with Crippen molar-refractivity contribution in [2.75, 3.05) is 0 Å². The van der Waals surface area contributed by atoms with Gasteiger partial charge in [-0.15, -0.1) is 0 Å². The van der Waals surface area contributed by atoms with Crippen molar-refractivity contribution in [2.24, 2.45) is 7.05 Å². The molecule has 0 aromatic carbocycles. The van der Waals surface area contributed by atoms with Crippen LogP contribution in [0.15, 0.2) is 6.20 Å². The smallest absolute Gasteiger partial charge is 0.0831 e. The fraction of sp³-hybridized carbons (Fsp3) is 0.625. The van der Waals surface area contributed by atoms with Crippen LogP contribution in [0.1, 0.15) is 19.5 Å². The van der Waals surface area contributed by atoms with E-state index in [1.54, 1.807) is 10.9 Å². The van der Waals surface area contributed by atoms with Crippen LogP contribution in [0.4, 0.5) is 0 Å². The molecule has 0 radical (unpaired) electrons. The topological polar surface area (TPSA) is 29.9 Å². The first-order valence-electron chi connectivity index (χ1n) is 4.01. The Balaban J connectivity index is 2.62. The molecule has 1 heterocycles. The van der Waals surface area contributed by atoms with E-state index in [-0.39, 0.29) is 0 Å². The van der Waals surface area contributed by atoms with Gasteiger partial charge in [-0.3, -0.25) is 4.68 Å². The fourth-order valence-electron chi connectivity index (χ4n) is 0.936. The number of hydrogen-bond donors (Lipinski definition) is 1. The minimum absolute atomic E-state index is 0.468. The van der Waals surface area contributed by atoms with E-state index in [4.69, 9.17) is 11.6 Å². The van der Waals surface area contributed by atoms with E-state index in [1.807, 2.05) is 7.05 Å². The summed E-state index contributed by atoms with van der Waals surface area (Å²) in [7, 11) is 1.89. The molecule has 12 heavy (non-hydrogen) atoms. The van der Waals surface area contributed by atoms with Crippen molar-refractivity contribution in [3.63, 3.8) is 0 Å². The first-order valence-corrected chi connectivity index (χ1v) is 4.39. The molecular formula is C8H14ClN3. The molecule has 4 heteroatoms. The van der Waals surface area contributed by atoms with Crippen LogP contribution in [0.25, 0.3) is 0 Å². The van der Waals surface area contributed by atoms with Crippen molar-refractivity contribution in [3.05, 3.63) is 16.9 Å². The van der Waals surface area contributed by atoms with E-state index in [1.165, 1.54) is 0 Å². The lowest BCUT2D eigenvalue weighted by molar-refractivity contribution is 0.560. The number of hydrogen-bond acceptors (Lipinski definition) is 2. The van der Waals surface area contributed by atoms with Crippen LogP contribution in [0.3, 0.4) is 0 Å². The van der Waals surface area contributed by atoms with E-state index >= 15 is 0 Å². The van der Waals surface area contributed by atoms with E-state index < -0.39 is 0 Å². The molecule has 0 aliphatic rings. The van der Waals surface area contributed by atoms with Crippen molar-refractivity contribution < 1.29 is 0 Å². The minimum Gasteiger partial charge on any atom is -0.309 e. The maximum Gasteiger partial charge on any atom is 0.0831 e. The Morgan fingerprint density at radius 3 is 2.75 bits per heavy atom. The fourth-order valence-corrected chi connectivity index (χ4v) is 1.17. The molecule has 1 aromatic heterocycles. The third-order valence-corrected chi connectivity index (χ3v) is 2.00. The minimum atomic E-state index is 0.468. The summed E-state index contributed by atoms with van der Waals surface area (Å²) in [6, 6.07) is 0.468. The summed E-state index contributed by atoms with van der Waals surface area (Å²) in [5.41, 5.74) is 1.03. The summed E-state index contributed by atoms with van der Waals surface area (Å²) in [6.07, 6.45) is 1.67. The van der Waals surface area contributed by atoms with Gasteiger partial charge in [0.25, 0.3) is 0 Å². The molecule has 0 unspecified atom stereocenters. The summed E-state index contributed by atoms with van der Waals surface area (Å²) in [4.78, 5) is 0. The van der Waals surface area contributed by atoms with Gasteiger partial charge in [-0.1, -0.05) is 25.4 Å². The molecule has 0 atom stereocenters. The van der Waals surface area contributed by atoms with E-state index in [2.05, 4.69) is 24.3 Å². The molecule has 3 nitrogen and oxygen atoms in total. The van der Waals surface area contributed by atoms with Gasteiger partial charge >= 0.3 is 0 Å². The number of aromatic nitrogens is 2. The first-order chi connectivity index (χ1) is 5.61. The largest absolute Gasteiger partial charge is 0.309 e. The Hall–Kier alpha value is -0.540. The Bertz CT molecular complexity index is 235. The zero-order valence-corrected chi connectivity index (χ0v) is 8.39. The number of rotatable bonds is 3. The highest BCUT2D eigenvalue weighted by atomic mass is 35.5. The predicted molar refractivity (Wildman–Crippen MR) is 50.2 cm³/mol. The highest BCUT2D eigenvalue weighted by Crippen LogP contribution is 2.13. The van der Waals surface area contributed by atoms with Gasteiger partial charge in [0.05, 0.1) is 16.9 Å². The van der Waals surface area contributed by atoms with Crippen LogP contribution in [-0.2, 0) is 13.6 Å². The van der Waals surface area contributed by atoms with Gasteiger partial charge in [0, 0.05) is 19.6 Å². The van der Waals surface area contributed by atoms with Crippen molar-refractivity contribution in [1.82, 2.24) is 15.1 Å². The Morgan fingerprint density at radius 1 is 1.67 bits per heavy atom. The molecule has 1 aromatic rings. The van der Waals surface area contributed by atoms with Gasteiger partial charge in [-0.25, -0.2) is 0 Å². The molecule has 68 valence electrons. The number of halogens is 1. The number of nitrogens with one attached hydrogen (secondary N) is 1. The third-order valence-electron chi connectivity index (χ3n) is 1.69. The standard InChI is InChI=1S/C8H14ClN3/c1-6(2)10-5-8-7(9)4-11-12(8)3/h4,6,10H,5H2,1-3H3. The Kier molecular flexibility index (Phi) is 3.12. The molecule has 0 fully saturated rings. The van der Waals surface area contributed by atoms with Crippen LogP contribution in [0.5, 0.6) is 0 Å². The second-order valence-electron chi connectivity index (χ2n) is 3.10. The van der Waals surface area contributed by atoms with Crippen LogP contribution >= 0.6 is 11.6 Å². The quantitative estimate of drug-likeness (QED) is 0.779. The predicted octanol–water partition coefficient (Wildman–Crippen LogP) is 1.57. The average Bonchev–Trinajstić information content (AvgIpc) is 2.28. The highest BCUT2D eigenvalue weighted by Gasteiger charge is 2.05. The second-order valence-corrected chi connectivity index (χ2v) is 3.51. The van der Waals surface area contributed by atoms with Crippen LogP contribution < -0.4 is 5.32 Å². The Morgan fingerprint density at radius 2 is 2.33 bits per heavy atom. The van der Waals surface area contributed by atoms with Crippen molar-refractivity contribution in [1.29, 1.82) is 0 Å². The number of nitrogens with zero attached hydrogens (tertiary/aromatic N) is 2. The molecule has 0 spiro atoms. The number of aryl methyl sites for hydroxylation is 1. The van der Waals surface area contributed by atoms with Gasteiger partial charge in [0.15, 0.2) is 0 Å². The van der Waals surface area contributed by atoms with Gasteiger partial charge in [-0.05, 0) is 0 Å². The van der Waals surface area contributed by atoms with E-state index in [0.29, 0.717) is 6.04 Å². The molecule has 0 saturated carbocycles. The zero-order valence-electron chi connectivity index (χ0n) is 7.63. The maximum atomic E-state index is 5.91. The van der Waals surface area contributed by atoms with Crippen molar-refractivity contribution >= 4 is 11.6 Å². The molecule has 1 rings (SSSR count). The van der Waals surface area contributed by atoms with Crippen LogP contribution in [0.2, 0.25) is 5.02 Å². The lowest BCUT2D eigenvalue weighted by Crippen LogP contribution is -2.23. The highest BCUT2D eigenvalue weighted by molar-refractivity contribution is 6.31. The van der Waals surface area contributed by atoms with Crippen LogP contribution in [0, 0.1) is 0 Å². The average molecular weight is 188 g/mol. The summed E-state index contributed by atoms with van der Waals surface area (Å²) in [6.45, 7) is 4.97. The summed E-state index contributed by atoms with van der Waals surface area (Å²) in [5, 5.41) is 8.05. The van der Waals surface area contributed by atoms with E-state index in [9.17, 15) is 0 Å². The SMILES string of the molecule is CC(C)NCc1c(Cl)cnn1C. The summed E-state index contributed by atoms with van der Waals surface area (Å²) >= 11 is 5.91. The van der Waals surface area contributed by atoms with E-state index in [0.717, 1.165) is 17.3 Å². The van der Waals surface area contributed by atoms with Gasteiger partial charge in [0.1, 0.15) is 0 Å². The van der Waals surface area contributed by atoms with Crippen molar-refractivity contribution in [3.8, 4) is 0 Å².